The summed E-state index contributed by atoms with van der Waals surface area (Å²) < 4.78 is 14.2. The summed E-state index contributed by atoms with van der Waals surface area (Å²) in [5.74, 6) is 0.485. The van der Waals surface area contributed by atoms with Gasteiger partial charge in [0.25, 0.3) is 0 Å². The quantitative estimate of drug-likeness (QED) is 0.337. The number of carbonyl (C=O) groups excluding carboxylic acids is 1. The zero-order chi connectivity index (χ0) is 22.2. The molecule has 0 aliphatic heterocycles. The normalized spacial score (nSPS) is 11.4. The third kappa shape index (κ3) is 6.51. The highest BCUT2D eigenvalue weighted by Crippen LogP contribution is 2.30. The molecule has 0 fully saturated rings. The summed E-state index contributed by atoms with van der Waals surface area (Å²) in [6.07, 6.45) is 1.39. The molecule has 0 spiro atoms. The van der Waals surface area contributed by atoms with Crippen molar-refractivity contribution >= 4 is 44.4 Å². The van der Waals surface area contributed by atoms with Crippen molar-refractivity contribution in [2.24, 2.45) is 0 Å². The van der Waals surface area contributed by atoms with Crippen molar-refractivity contribution in [3.8, 4) is 0 Å². The largest absolute Gasteiger partial charge is 0.302 e. The Labute approximate surface area is 192 Å². The summed E-state index contributed by atoms with van der Waals surface area (Å²) in [4.78, 5) is 23.1. The fourth-order valence-corrected chi connectivity index (χ4v) is 5.24. The van der Waals surface area contributed by atoms with Crippen molar-refractivity contribution < 1.29 is 9.18 Å². The number of amides is 1. The zero-order valence-corrected chi connectivity index (χ0v) is 20.1. The van der Waals surface area contributed by atoms with Crippen LogP contribution >= 0.6 is 23.1 Å². The van der Waals surface area contributed by atoms with Gasteiger partial charge in [-0.3, -0.25) is 9.69 Å². The first-order chi connectivity index (χ1) is 15.0. The van der Waals surface area contributed by atoms with E-state index in [9.17, 15) is 9.18 Å². The fraction of sp³-hybridized carbons (Fsp3) is 0.417. The number of nitrogens with zero attached hydrogens (tertiary/aromatic N) is 3. The summed E-state index contributed by atoms with van der Waals surface area (Å²) in [6, 6.07) is 12.7. The number of benzene rings is 2. The van der Waals surface area contributed by atoms with Gasteiger partial charge in [-0.2, -0.15) is 0 Å². The van der Waals surface area contributed by atoms with Gasteiger partial charge in [-0.25, -0.2) is 9.37 Å². The molecule has 0 aliphatic rings. The topological polar surface area (TPSA) is 36.4 Å². The Morgan fingerprint density at radius 2 is 1.81 bits per heavy atom. The molecule has 0 atom stereocenters. The SMILES string of the molecule is CCc1ccc2nc(N(CCN(CC)CC)C(=O)CCSc3ccc(F)cc3)sc2c1. The minimum absolute atomic E-state index is 0.0801. The van der Waals surface area contributed by atoms with E-state index < -0.39 is 0 Å². The lowest BCUT2D eigenvalue weighted by atomic mass is 10.2. The van der Waals surface area contributed by atoms with Crippen molar-refractivity contribution in [1.82, 2.24) is 9.88 Å². The van der Waals surface area contributed by atoms with Crippen LogP contribution in [-0.4, -0.2) is 47.7 Å². The predicted octanol–water partition coefficient (Wildman–Crippen LogP) is 5.86. The number of anilines is 1. The molecule has 4 nitrogen and oxygen atoms in total. The Morgan fingerprint density at radius 3 is 2.48 bits per heavy atom. The highest BCUT2D eigenvalue weighted by Gasteiger charge is 2.20. The molecule has 166 valence electrons. The number of fused-ring (bicyclic) bond motifs is 1. The number of aromatic nitrogens is 1. The number of halogens is 1. The molecule has 2 aromatic carbocycles. The van der Waals surface area contributed by atoms with Crippen LogP contribution in [0.1, 0.15) is 32.8 Å². The summed E-state index contributed by atoms with van der Waals surface area (Å²) in [7, 11) is 0. The van der Waals surface area contributed by atoms with Crippen LogP contribution in [-0.2, 0) is 11.2 Å². The van der Waals surface area contributed by atoms with E-state index >= 15 is 0 Å². The summed E-state index contributed by atoms with van der Waals surface area (Å²) in [5, 5.41) is 0.771. The van der Waals surface area contributed by atoms with Crippen LogP contribution < -0.4 is 4.90 Å². The third-order valence-electron chi connectivity index (χ3n) is 5.31. The van der Waals surface area contributed by atoms with Crippen LogP contribution in [0.2, 0.25) is 0 Å². The van der Waals surface area contributed by atoms with E-state index in [1.165, 1.54) is 17.7 Å². The number of hydrogen-bond donors (Lipinski definition) is 0. The van der Waals surface area contributed by atoms with Crippen molar-refractivity contribution in [1.29, 1.82) is 0 Å². The van der Waals surface area contributed by atoms with Gasteiger partial charge in [0.1, 0.15) is 5.82 Å². The molecule has 31 heavy (non-hydrogen) atoms. The van der Waals surface area contributed by atoms with E-state index in [-0.39, 0.29) is 11.7 Å². The summed E-state index contributed by atoms with van der Waals surface area (Å²) in [5.41, 5.74) is 2.22. The number of thioether (sulfide) groups is 1. The second kappa shape index (κ2) is 11.6. The van der Waals surface area contributed by atoms with Crippen LogP contribution in [0.3, 0.4) is 0 Å². The van der Waals surface area contributed by atoms with Crippen molar-refractivity contribution in [3.05, 3.63) is 53.8 Å². The van der Waals surface area contributed by atoms with E-state index in [1.54, 1.807) is 35.2 Å². The standard InChI is InChI=1S/C24H30FN3OS2/c1-4-18-7-12-21-22(17-18)31-24(26-21)28(15-14-27(5-2)6-3)23(29)13-16-30-20-10-8-19(25)9-11-20/h7-12,17H,4-6,13-16H2,1-3H3. The van der Waals surface area contributed by atoms with Gasteiger partial charge in [0.05, 0.1) is 10.2 Å². The molecule has 0 saturated carbocycles. The third-order valence-corrected chi connectivity index (χ3v) is 7.37. The Bertz CT molecular complexity index is 986. The maximum Gasteiger partial charge on any atom is 0.229 e. The lowest BCUT2D eigenvalue weighted by Crippen LogP contribution is -2.39. The lowest BCUT2D eigenvalue weighted by Gasteiger charge is -2.24. The number of hydrogen-bond acceptors (Lipinski definition) is 5. The van der Waals surface area contributed by atoms with E-state index in [1.807, 2.05) is 11.0 Å². The van der Waals surface area contributed by atoms with Gasteiger partial charge in [-0.15, -0.1) is 11.8 Å². The van der Waals surface area contributed by atoms with Crippen LogP contribution in [0, 0.1) is 5.82 Å². The van der Waals surface area contributed by atoms with E-state index in [0.29, 0.717) is 18.7 Å². The molecule has 3 aromatic rings. The Kier molecular flexibility index (Phi) is 8.87. The number of rotatable bonds is 11. The second-order valence-corrected chi connectivity index (χ2v) is 9.45. The number of likely N-dealkylation sites (N-methyl/N-ethyl adjacent to an activating group) is 1. The molecule has 0 saturated heterocycles. The van der Waals surface area contributed by atoms with Gasteiger partial charge in [-0.05, 0) is 61.5 Å². The van der Waals surface area contributed by atoms with E-state index in [0.717, 1.165) is 46.3 Å². The number of thiazole rings is 1. The molecular weight excluding hydrogens is 429 g/mol. The average molecular weight is 460 g/mol. The van der Waals surface area contributed by atoms with E-state index in [4.69, 9.17) is 4.98 Å². The molecule has 3 rings (SSSR count). The van der Waals surface area contributed by atoms with Gasteiger partial charge < -0.3 is 4.90 Å². The van der Waals surface area contributed by atoms with Gasteiger partial charge in [0.15, 0.2) is 5.13 Å². The Hall–Kier alpha value is -1.96. The average Bonchev–Trinajstić information content (AvgIpc) is 3.20. The van der Waals surface area contributed by atoms with Crippen LogP contribution in [0.15, 0.2) is 47.4 Å². The first-order valence-corrected chi connectivity index (χ1v) is 12.6. The van der Waals surface area contributed by atoms with Gasteiger partial charge in [-0.1, -0.05) is 38.2 Å². The smallest absolute Gasteiger partial charge is 0.229 e. The molecule has 1 aromatic heterocycles. The molecular formula is C24H30FN3OS2. The minimum atomic E-state index is -0.245. The Balaban J connectivity index is 1.73. The first-order valence-electron chi connectivity index (χ1n) is 10.8. The van der Waals surface area contributed by atoms with Crippen molar-refractivity contribution in [2.75, 3.05) is 36.8 Å². The van der Waals surface area contributed by atoms with Crippen LogP contribution in [0.25, 0.3) is 10.2 Å². The Morgan fingerprint density at radius 1 is 1.06 bits per heavy atom. The lowest BCUT2D eigenvalue weighted by molar-refractivity contribution is -0.118. The highest BCUT2D eigenvalue weighted by atomic mass is 32.2. The summed E-state index contributed by atoms with van der Waals surface area (Å²) in [6.45, 7) is 9.78. The number of aryl methyl sites for hydroxylation is 1. The van der Waals surface area contributed by atoms with Gasteiger partial charge in [0.2, 0.25) is 5.91 Å². The molecule has 0 aliphatic carbocycles. The summed E-state index contributed by atoms with van der Waals surface area (Å²) >= 11 is 3.16. The molecule has 0 bridgehead atoms. The second-order valence-electron chi connectivity index (χ2n) is 7.28. The van der Waals surface area contributed by atoms with E-state index in [2.05, 4.69) is 37.8 Å². The highest BCUT2D eigenvalue weighted by molar-refractivity contribution is 7.99. The molecule has 0 N–H and O–H groups in total. The number of carbonyl (C=O) groups is 1. The minimum Gasteiger partial charge on any atom is -0.302 e. The maximum absolute atomic E-state index is 13.2. The van der Waals surface area contributed by atoms with Crippen LogP contribution in [0.4, 0.5) is 9.52 Å². The van der Waals surface area contributed by atoms with Gasteiger partial charge in [0, 0.05) is 30.2 Å². The van der Waals surface area contributed by atoms with Crippen molar-refractivity contribution in [2.45, 2.75) is 38.5 Å². The predicted molar refractivity (Wildman–Crippen MR) is 131 cm³/mol. The van der Waals surface area contributed by atoms with Crippen molar-refractivity contribution in [3.63, 3.8) is 0 Å². The first kappa shape index (κ1) is 23.7. The zero-order valence-electron chi connectivity index (χ0n) is 18.4. The molecule has 1 heterocycles. The molecule has 0 unspecified atom stereocenters. The van der Waals surface area contributed by atoms with Gasteiger partial charge >= 0.3 is 0 Å². The molecule has 7 heteroatoms. The van der Waals surface area contributed by atoms with Crippen LogP contribution in [0.5, 0.6) is 0 Å². The molecule has 0 radical (unpaired) electrons. The monoisotopic (exact) mass is 459 g/mol. The fourth-order valence-electron chi connectivity index (χ4n) is 3.32. The maximum atomic E-state index is 13.2. The molecule has 1 amide bonds.